The van der Waals surface area contributed by atoms with Crippen LogP contribution < -0.4 is 16.0 Å². The van der Waals surface area contributed by atoms with Crippen LogP contribution in [-0.2, 0) is 50.5 Å². The van der Waals surface area contributed by atoms with Gasteiger partial charge in [-0.3, -0.25) is 19.2 Å². The monoisotopic (exact) mass is 636 g/mol. The summed E-state index contributed by atoms with van der Waals surface area (Å²) in [6.07, 6.45) is 3.89. The van der Waals surface area contributed by atoms with Gasteiger partial charge in [0.2, 0.25) is 23.6 Å². The Kier molecular flexibility index (Phi) is 8.89. The maximum absolute atomic E-state index is 14.6. The lowest BCUT2D eigenvalue weighted by Gasteiger charge is -2.45. The van der Waals surface area contributed by atoms with E-state index < -0.39 is 10.8 Å². The maximum atomic E-state index is 14.6. The van der Waals surface area contributed by atoms with Crippen LogP contribution in [0, 0.1) is 11.3 Å². The second-order valence-electron chi connectivity index (χ2n) is 13.6. The Hall–Kier alpha value is -4.57. The lowest BCUT2D eigenvalue weighted by atomic mass is 9.68. The van der Waals surface area contributed by atoms with E-state index in [1.54, 1.807) is 22.9 Å². The van der Waals surface area contributed by atoms with Gasteiger partial charge in [0.05, 0.1) is 10.8 Å². The highest BCUT2D eigenvalue weighted by atomic mass is 16.2. The molecule has 1 atom stereocenters. The molecule has 3 heterocycles. The number of amides is 4. The number of fused-ring (bicyclic) bond motifs is 3. The first-order valence-electron chi connectivity index (χ1n) is 16.5. The SMILES string of the molecule is CNCc1ccccc1CN(CC(=O)Nc1ccc2c(c1)C[C@@]1(C2)C(=O)Nc2ncccc21)C(=O)C1(C(C)C)CCN(C(C)=O)CC1. The quantitative estimate of drug-likeness (QED) is 0.326. The van der Waals surface area contributed by atoms with E-state index in [4.69, 9.17) is 0 Å². The van der Waals surface area contributed by atoms with Gasteiger partial charge in [-0.05, 0) is 79.1 Å². The minimum Gasteiger partial charge on any atom is -0.343 e. The molecule has 0 unspecified atom stereocenters. The van der Waals surface area contributed by atoms with E-state index in [9.17, 15) is 19.2 Å². The molecule has 10 nitrogen and oxygen atoms in total. The number of anilines is 2. The van der Waals surface area contributed by atoms with E-state index in [0.29, 0.717) is 63.4 Å². The average molecular weight is 637 g/mol. The summed E-state index contributed by atoms with van der Waals surface area (Å²) >= 11 is 0. The van der Waals surface area contributed by atoms with Crippen molar-refractivity contribution in [3.05, 3.63) is 88.6 Å². The van der Waals surface area contributed by atoms with E-state index in [0.717, 1.165) is 27.8 Å². The zero-order valence-electron chi connectivity index (χ0n) is 27.7. The van der Waals surface area contributed by atoms with E-state index in [-0.39, 0.29) is 36.1 Å². The summed E-state index contributed by atoms with van der Waals surface area (Å²) in [6, 6.07) is 17.6. The summed E-state index contributed by atoms with van der Waals surface area (Å²) in [5, 5.41) is 9.19. The molecule has 3 aliphatic rings. The number of hydrogen-bond acceptors (Lipinski definition) is 6. The van der Waals surface area contributed by atoms with Crippen LogP contribution in [0.25, 0.3) is 0 Å². The Morgan fingerprint density at radius 1 is 1.00 bits per heavy atom. The zero-order chi connectivity index (χ0) is 33.3. The number of nitrogens with zero attached hydrogens (tertiary/aromatic N) is 3. The highest BCUT2D eigenvalue weighted by Gasteiger charge is 2.51. The van der Waals surface area contributed by atoms with Gasteiger partial charge in [0.25, 0.3) is 0 Å². The minimum absolute atomic E-state index is 0.0155. The molecule has 3 aromatic rings. The summed E-state index contributed by atoms with van der Waals surface area (Å²) in [7, 11) is 1.89. The molecule has 0 bridgehead atoms. The van der Waals surface area contributed by atoms with Crippen molar-refractivity contribution in [1.29, 1.82) is 0 Å². The smallest absolute Gasteiger partial charge is 0.244 e. The van der Waals surface area contributed by atoms with E-state index in [1.807, 2.05) is 61.6 Å². The van der Waals surface area contributed by atoms with E-state index in [2.05, 4.69) is 34.8 Å². The van der Waals surface area contributed by atoms with Crippen molar-refractivity contribution in [3.8, 4) is 0 Å². The van der Waals surface area contributed by atoms with Crippen molar-refractivity contribution in [2.24, 2.45) is 11.3 Å². The van der Waals surface area contributed by atoms with Crippen LogP contribution in [-0.4, -0.2) is 65.1 Å². The van der Waals surface area contributed by atoms with Gasteiger partial charge < -0.3 is 25.8 Å². The van der Waals surface area contributed by atoms with Gasteiger partial charge in [0.1, 0.15) is 12.4 Å². The number of pyridine rings is 1. The van der Waals surface area contributed by atoms with Crippen molar-refractivity contribution in [2.45, 2.75) is 65.0 Å². The van der Waals surface area contributed by atoms with Crippen LogP contribution in [0.2, 0.25) is 0 Å². The van der Waals surface area contributed by atoms with Gasteiger partial charge in [-0.1, -0.05) is 50.2 Å². The van der Waals surface area contributed by atoms with Crippen LogP contribution in [0.5, 0.6) is 0 Å². The molecule has 1 fully saturated rings. The number of aromatic nitrogens is 1. The molecule has 1 aromatic heterocycles. The third-order valence-electron chi connectivity index (χ3n) is 10.6. The van der Waals surface area contributed by atoms with Crippen LogP contribution >= 0.6 is 0 Å². The van der Waals surface area contributed by atoms with Crippen molar-refractivity contribution in [2.75, 3.05) is 37.3 Å². The largest absolute Gasteiger partial charge is 0.343 e. The molecule has 1 aliphatic carbocycles. The number of benzene rings is 2. The van der Waals surface area contributed by atoms with Gasteiger partial charge in [-0.2, -0.15) is 0 Å². The number of nitrogens with one attached hydrogen (secondary N) is 3. The fourth-order valence-electron chi connectivity index (χ4n) is 7.77. The topological polar surface area (TPSA) is 124 Å². The van der Waals surface area contributed by atoms with Crippen LogP contribution in [0.4, 0.5) is 11.5 Å². The molecule has 4 amide bonds. The first-order valence-corrected chi connectivity index (χ1v) is 16.5. The van der Waals surface area contributed by atoms with E-state index in [1.165, 1.54) is 0 Å². The molecule has 2 aliphatic heterocycles. The Bertz CT molecular complexity index is 1710. The van der Waals surface area contributed by atoms with Crippen molar-refractivity contribution in [1.82, 2.24) is 20.1 Å². The molecular weight excluding hydrogens is 592 g/mol. The third kappa shape index (κ3) is 6.02. The second kappa shape index (κ2) is 12.9. The number of carbonyl (C=O) groups excluding carboxylic acids is 4. The van der Waals surface area contributed by atoms with Crippen molar-refractivity contribution >= 4 is 35.1 Å². The first kappa shape index (κ1) is 32.4. The fraction of sp³-hybridized carbons (Fsp3) is 0.432. The summed E-state index contributed by atoms with van der Waals surface area (Å²) in [6.45, 7) is 7.55. The Labute approximate surface area is 276 Å². The van der Waals surface area contributed by atoms with Gasteiger partial charge in [-0.15, -0.1) is 0 Å². The normalized spacial score (nSPS) is 19.3. The third-order valence-corrected chi connectivity index (χ3v) is 10.6. The summed E-state index contributed by atoms with van der Waals surface area (Å²) in [5.41, 5.74) is 4.30. The standard InChI is InChI=1S/C37H44N6O4/c1-24(2)36(13-16-42(17-14-36)25(3)44)35(47)43(22-28-9-6-5-8-27(28)21-38-4)23-32(45)40-30-12-11-26-19-37(20-29(26)18-30)31-10-7-15-39-33(31)41-34(37)46/h5-12,15,18,24,38H,13-14,16-17,19-23H2,1-4H3,(H,40,45)(H,39,41,46)/t37-/m1/s1. The maximum Gasteiger partial charge on any atom is 0.244 e. The van der Waals surface area contributed by atoms with E-state index >= 15 is 0 Å². The molecule has 47 heavy (non-hydrogen) atoms. The lowest BCUT2D eigenvalue weighted by molar-refractivity contribution is -0.153. The van der Waals surface area contributed by atoms with Crippen LogP contribution in [0.15, 0.2) is 60.8 Å². The van der Waals surface area contributed by atoms with Gasteiger partial charge in [0, 0.05) is 50.6 Å². The molecule has 10 heteroatoms. The van der Waals surface area contributed by atoms with Gasteiger partial charge >= 0.3 is 0 Å². The van der Waals surface area contributed by atoms with Crippen molar-refractivity contribution in [3.63, 3.8) is 0 Å². The number of carbonyl (C=O) groups is 4. The van der Waals surface area contributed by atoms with Crippen molar-refractivity contribution < 1.29 is 19.2 Å². The highest BCUT2D eigenvalue weighted by molar-refractivity contribution is 6.06. The number of rotatable bonds is 9. The Balaban J connectivity index is 1.23. The van der Waals surface area contributed by atoms with Gasteiger partial charge in [-0.25, -0.2) is 4.98 Å². The molecule has 3 N–H and O–H groups in total. The first-order chi connectivity index (χ1) is 22.6. The summed E-state index contributed by atoms with van der Waals surface area (Å²) in [4.78, 5) is 61.5. The zero-order valence-corrected chi connectivity index (χ0v) is 27.7. The Morgan fingerprint density at radius 2 is 1.72 bits per heavy atom. The summed E-state index contributed by atoms with van der Waals surface area (Å²) < 4.78 is 0. The van der Waals surface area contributed by atoms with Crippen LogP contribution in [0.1, 0.15) is 61.4 Å². The minimum atomic E-state index is -0.693. The van der Waals surface area contributed by atoms with Crippen LogP contribution in [0.3, 0.4) is 0 Å². The molecule has 2 aromatic carbocycles. The number of piperidine rings is 1. The number of likely N-dealkylation sites (tertiary alicyclic amines) is 1. The molecule has 0 radical (unpaired) electrons. The fourth-order valence-corrected chi connectivity index (χ4v) is 7.77. The predicted molar refractivity (Wildman–Crippen MR) is 180 cm³/mol. The second-order valence-corrected chi connectivity index (χ2v) is 13.6. The number of hydrogen-bond donors (Lipinski definition) is 3. The molecular formula is C37H44N6O4. The molecule has 1 saturated heterocycles. The highest BCUT2D eigenvalue weighted by Crippen LogP contribution is 2.47. The Morgan fingerprint density at radius 3 is 2.43 bits per heavy atom. The molecule has 246 valence electrons. The predicted octanol–water partition coefficient (Wildman–Crippen LogP) is 4.04. The summed E-state index contributed by atoms with van der Waals surface area (Å²) in [5.74, 6) is 0.270. The molecule has 1 spiro atoms. The molecule has 0 saturated carbocycles. The van der Waals surface area contributed by atoms with Gasteiger partial charge in [0.15, 0.2) is 0 Å². The average Bonchev–Trinajstić information content (AvgIpc) is 3.57. The molecule has 6 rings (SSSR count). The lowest BCUT2D eigenvalue weighted by Crippen LogP contribution is -2.54.